The van der Waals surface area contributed by atoms with E-state index in [2.05, 4.69) is 0 Å². The number of carbonyl (C=O) groups excluding carboxylic acids is 1. The Labute approximate surface area is 110 Å². The van der Waals surface area contributed by atoms with Gasteiger partial charge in [-0.3, -0.25) is 0 Å². The Morgan fingerprint density at radius 1 is 1.17 bits per heavy atom. The molecule has 0 saturated carbocycles. The zero-order chi connectivity index (χ0) is 13.1. The Bertz CT molecular complexity index is 579. The van der Waals surface area contributed by atoms with E-state index in [-0.39, 0.29) is 5.97 Å². The summed E-state index contributed by atoms with van der Waals surface area (Å²) < 4.78 is 4.76. The third kappa shape index (κ3) is 2.46. The molecule has 18 heavy (non-hydrogen) atoms. The predicted molar refractivity (Wildman–Crippen MR) is 72.6 cm³/mol. The Hall–Kier alpha value is -2.00. The average Bonchev–Trinajstić information content (AvgIpc) is 2.38. The number of nitrogen functional groups attached to an aromatic ring is 1. The van der Waals surface area contributed by atoms with Gasteiger partial charge in [-0.25, -0.2) is 4.79 Å². The molecule has 2 aromatic rings. The highest BCUT2D eigenvalue weighted by atomic mass is 35.5. The third-order valence-electron chi connectivity index (χ3n) is 2.60. The molecule has 2 aromatic carbocycles. The molecule has 0 aliphatic heterocycles. The number of nitrogens with two attached hydrogens (primary N) is 1. The fourth-order valence-electron chi connectivity index (χ4n) is 1.72. The molecular weight excluding hydrogens is 250 g/mol. The van der Waals surface area contributed by atoms with Crippen LogP contribution in [0.2, 0.25) is 5.02 Å². The number of carbonyl (C=O) groups is 1. The first-order chi connectivity index (χ1) is 8.61. The Morgan fingerprint density at radius 2 is 1.83 bits per heavy atom. The summed E-state index contributed by atoms with van der Waals surface area (Å²) in [5, 5.41) is 0.641. The van der Waals surface area contributed by atoms with E-state index >= 15 is 0 Å². The molecule has 2 N–H and O–H groups in total. The molecule has 0 bridgehead atoms. The number of anilines is 1. The minimum atomic E-state index is -0.389. The largest absolute Gasteiger partial charge is 0.465 e. The lowest BCUT2D eigenvalue weighted by molar-refractivity contribution is 0.0601. The number of halogens is 1. The maximum atomic E-state index is 11.7. The first-order valence-corrected chi connectivity index (χ1v) is 5.73. The molecule has 0 aliphatic carbocycles. The molecule has 92 valence electrons. The Kier molecular flexibility index (Phi) is 3.53. The molecule has 0 saturated heterocycles. The lowest BCUT2D eigenvalue weighted by atomic mass is 9.99. The second-order valence-electron chi connectivity index (χ2n) is 3.80. The molecule has 0 fully saturated rings. The second kappa shape index (κ2) is 5.10. The molecule has 0 aromatic heterocycles. The van der Waals surface area contributed by atoms with Crippen LogP contribution in [0.3, 0.4) is 0 Å². The highest BCUT2D eigenvalue weighted by Crippen LogP contribution is 2.27. The zero-order valence-electron chi connectivity index (χ0n) is 9.81. The van der Waals surface area contributed by atoms with Crippen LogP contribution >= 0.6 is 11.6 Å². The molecule has 4 heteroatoms. The lowest BCUT2D eigenvalue weighted by Gasteiger charge is -2.09. The van der Waals surface area contributed by atoms with Crippen LogP contribution < -0.4 is 5.73 Å². The zero-order valence-corrected chi connectivity index (χ0v) is 10.6. The van der Waals surface area contributed by atoms with Gasteiger partial charge in [0.1, 0.15) is 0 Å². The van der Waals surface area contributed by atoms with E-state index < -0.39 is 0 Å². The number of esters is 1. The van der Waals surface area contributed by atoms with E-state index in [0.29, 0.717) is 16.3 Å². The van der Waals surface area contributed by atoms with Crippen LogP contribution in [-0.2, 0) is 4.74 Å². The van der Waals surface area contributed by atoms with Gasteiger partial charge in [0, 0.05) is 10.7 Å². The van der Waals surface area contributed by atoms with Crippen LogP contribution in [0.25, 0.3) is 11.1 Å². The van der Waals surface area contributed by atoms with Crippen molar-refractivity contribution in [2.24, 2.45) is 0 Å². The number of hydrogen-bond donors (Lipinski definition) is 1. The minimum Gasteiger partial charge on any atom is -0.465 e. The number of rotatable bonds is 2. The fraction of sp³-hybridized carbons (Fsp3) is 0.0714. The number of ether oxygens (including phenoxy) is 1. The van der Waals surface area contributed by atoms with Crippen LogP contribution in [-0.4, -0.2) is 13.1 Å². The van der Waals surface area contributed by atoms with Crippen molar-refractivity contribution in [1.29, 1.82) is 0 Å². The van der Waals surface area contributed by atoms with Crippen molar-refractivity contribution < 1.29 is 9.53 Å². The van der Waals surface area contributed by atoms with Gasteiger partial charge >= 0.3 is 5.97 Å². The molecule has 0 amide bonds. The smallest absolute Gasteiger partial charge is 0.338 e. The van der Waals surface area contributed by atoms with Crippen LogP contribution in [0.4, 0.5) is 5.69 Å². The van der Waals surface area contributed by atoms with Gasteiger partial charge in [-0.1, -0.05) is 23.7 Å². The van der Waals surface area contributed by atoms with Crippen molar-refractivity contribution in [2.45, 2.75) is 0 Å². The first kappa shape index (κ1) is 12.5. The van der Waals surface area contributed by atoms with E-state index in [1.54, 1.807) is 30.3 Å². The summed E-state index contributed by atoms with van der Waals surface area (Å²) in [5.74, 6) is -0.389. The standard InChI is InChI=1S/C14H12ClNO2/c1-18-14(17)12-7-6-11(16)8-13(12)9-2-4-10(15)5-3-9/h2-8H,16H2,1H3. The van der Waals surface area contributed by atoms with Crippen molar-refractivity contribution in [3.8, 4) is 11.1 Å². The topological polar surface area (TPSA) is 52.3 Å². The highest BCUT2D eigenvalue weighted by molar-refractivity contribution is 6.30. The van der Waals surface area contributed by atoms with Crippen molar-refractivity contribution in [3.63, 3.8) is 0 Å². The molecule has 0 aliphatic rings. The molecule has 2 rings (SSSR count). The van der Waals surface area contributed by atoms with Gasteiger partial charge in [-0.05, 0) is 41.5 Å². The molecule has 0 heterocycles. The SMILES string of the molecule is COC(=O)c1ccc(N)cc1-c1ccc(Cl)cc1. The summed E-state index contributed by atoms with van der Waals surface area (Å²) >= 11 is 5.84. The van der Waals surface area contributed by atoms with E-state index in [1.165, 1.54) is 7.11 Å². The van der Waals surface area contributed by atoms with Gasteiger partial charge in [0.05, 0.1) is 12.7 Å². The summed E-state index contributed by atoms with van der Waals surface area (Å²) in [6.45, 7) is 0. The Balaban J connectivity index is 2.57. The quantitative estimate of drug-likeness (QED) is 0.666. The monoisotopic (exact) mass is 261 g/mol. The molecule has 3 nitrogen and oxygen atoms in total. The number of benzene rings is 2. The fourth-order valence-corrected chi connectivity index (χ4v) is 1.84. The van der Waals surface area contributed by atoms with Gasteiger partial charge < -0.3 is 10.5 Å². The van der Waals surface area contributed by atoms with Gasteiger partial charge in [-0.2, -0.15) is 0 Å². The third-order valence-corrected chi connectivity index (χ3v) is 2.86. The second-order valence-corrected chi connectivity index (χ2v) is 4.24. The maximum Gasteiger partial charge on any atom is 0.338 e. The van der Waals surface area contributed by atoms with Crippen molar-refractivity contribution in [2.75, 3.05) is 12.8 Å². The summed E-state index contributed by atoms with van der Waals surface area (Å²) in [5.41, 5.74) is 8.43. The summed E-state index contributed by atoms with van der Waals surface area (Å²) in [6, 6.07) is 12.3. The number of methoxy groups -OCH3 is 1. The maximum absolute atomic E-state index is 11.7. The minimum absolute atomic E-state index is 0.389. The summed E-state index contributed by atoms with van der Waals surface area (Å²) in [4.78, 5) is 11.7. The number of hydrogen-bond acceptors (Lipinski definition) is 3. The summed E-state index contributed by atoms with van der Waals surface area (Å²) in [7, 11) is 1.35. The van der Waals surface area contributed by atoms with Gasteiger partial charge in [0.2, 0.25) is 0 Å². The average molecular weight is 262 g/mol. The lowest BCUT2D eigenvalue weighted by Crippen LogP contribution is -2.04. The van der Waals surface area contributed by atoms with E-state index in [1.807, 2.05) is 12.1 Å². The van der Waals surface area contributed by atoms with Crippen LogP contribution in [0, 0.1) is 0 Å². The van der Waals surface area contributed by atoms with Crippen LogP contribution in [0.15, 0.2) is 42.5 Å². The molecular formula is C14H12ClNO2. The van der Waals surface area contributed by atoms with E-state index in [9.17, 15) is 4.79 Å². The van der Waals surface area contributed by atoms with Gasteiger partial charge in [0.15, 0.2) is 0 Å². The summed E-state index contributed by atoms with van der Waals surface area (Å²) in [6.07, 6.45) is 0. The highest BCUT2D eigenvalue weighted by Gasteiger charge is 2.13. The first-order valence-electron chi connectivity index (χ1n) is 5.35. The molecule has 0 unspecified atom stereocenters. The van der Waals surface area contributed by atoms with Crippen LogP contribution in [0.5, 0.6) is 0 Å². The van der Waals surface area contributed by atoms with Gasteiger partial charge in [-0.15, -0.1) is 0 Å². The molecule has 0 spiro atoms. The van der Waals surface area contributed by atoms with E-state index in [4.69, 9.17) is 22.1 Å². The van der Waals surface area contributed by atoms with Crippen LogP contribution in [0.1, 0.15) is 10.4 Å². The van der Waals surface area contributed by atoms with E-state index in [0.717, 1.165) is 11.1 Å². The van der Waals surface area contributed by atoms with Crippen molar-refractivity contribution >= 4 is 23.3 Å². The van der Waals surface area contributed by atoms with Crippen molar-refractivity contribution in [1.82, 2.24) is 0 Å². The molecule has 0 atom stereocenters. The van der Waals surface area contributed by atoms with Crippen molar-refractivity contribution in [3.05, 3.63) is 53.1 Å². The normalized spacial score (nSPS) is 10.1. The Morgan fingerprint density at radius 3 is 2.44 bits per heavy atom. The van der Waals surface area contributed by atoms with Gasteiger partial charge in [0.25, 0.3) is 0 Å². The predicted octanol–water partition coefficient (Wildman–Crippen LogP) is 3.38. The molecule has 0 radical (unpaired) electrons.